The third kappa shape index (κ3) is 10.4. The average Bonchev–Trinajstić information content (AvgIpc) is 4.09. The van der Waals surface area contributed by atoms with Crippen molar-refractivity contribution >= 4 is 35.1 Å². The number of aliphatic hydroxyl groups is 5. The van der Waals surface area contributed by atoms with E-state index in [4.69, 9.17) is 38.2 Å². The second kappa shape index (κ2) is 18.1. The van der Waals surface area contributed by atoms with Crippen LogP contribution >= 0.6 is 23.2 Å². The highest BCUT2D eigenvalue weighted by molar-refractivity contribution is 6.34. The number of para-hydroxylation sites is 1. The number of ether oxygens (including phenoxy) is 1. The SMILES string of the molecule is O=C(O)CCN(CC(O)C(O)C(O)C(O)CO)C(=O)CCCCc1cc(Cl)c(CNC2(c3cnccc3-c3ccccc3OC3CC3)CC2)cc1Cl. The summed E-state index contributed by atoms with van der Waals surface area (Å²) < 4.78 is 6.23. The molecule has 14 heteroatoms. The number of carbonyl (C=O) groups is 2. The van der Waals surface area contributed by atoms with E-state index in [0.29, 0.717) is 35.9 Å². The fraction of sp³-hybridized carbons (Fsp3) is 0.500. The predicted molar refractivity (Wildman–Crippen MR) is 195 cm³/mol. The third-order valence-corrected chi connectivity index (χ3v) is 10.4. The largest absolute Gasteiger partial charge is 0.490 e. The van der Waals surface area contributed by atoms with Gasteiger partial charge in [-0.2, -0.15) is 0 Å². The van der Waals surface area contributed by atoms with E-state index in [9.17, 15) is 30.0 Å². The first-order chi connectivity index (χ1) is 24.9. The number of carbonyl (C=O) groups excluding carboxylic acids is 1. The minimum Gasteiger partial charge on any atom is -0.490 e. The summed E-state index contributed by atoms with van der Waals surface area (Å²) in [5, 5.41) is 63.0. The number of aromatic nitrogens is 1. The number of benzene rings is 2. The Morgan fingerprint density at radius 3 is 2.33 bits per heavy atom. The molecule has 0 bridgehead atoms. The summed E-state index contributed by atoms with van der Waals surface area (Å²) in [5.74, 6) is -0.715. The van der Waals surface area contributed by atoms with Crippen molar-refractivity contribution in [2.24, 2.45) is 0 Å². The third-order valence-electron chi connectivity index (χ3n) is 9.68. The summed E-state index contributed by atoms with van der Waals surface area (Å²) >= 11 is 13.5. The van der Waals surface area contributed by atoms with E-state index in [1.807, 2.05) is 42.6 Å². The lowest BCUT2D eigenvalue weighted by molar-refractivity contribution is -0.142. The molecule has 2 aliphatic rings. The summed E-state index contributed by atoms with van der Waals surface area (Å²) in [6.45, 7) is -1.05. The number of hydrogen-bond donors (Lipinski definition) is 7. The average molecular weight is 761 g/mol. The normalized spacial score (nSPS) is 17.2. The van der Waals surface area contributed by atoms with E-state index >= 15 is 0 Å². The second-order valence-electron chi connectivity index (χ2n) is 13.7. The molecule has 0 aliphatic heterocycles. The van der Waals surface area contributed by atoms with Gasteiger partial charge in [0.25, 0.3) is 0 Å². The first kappa shape index (κ1) is 39.9. The van der Waals surface area contributed by atoms with Gasteiger partial charge in [0.05, 0.1) is 19.1 Å². The zero-order chi connectivity index (χ0) is 37.4. The molecule has 282 valence electrons. The highest BCUT2D eigenvalue weighted by atomic mass is 35.5. The number of carboxylic acid groups (broad SMARTS) is 1. The topological polar surface area (TPSA) is 193 Å². The highest BCUT2D eigenvalue weighted by Crippen LogP contribution is 2.50. The standard InChI is InChI=1S/C38H47Cl2N3O9/c39-29-18-24(19-42-38(13-14-38)28-20-41-15-11-26(28)27-6-2-3-7-33(27)52-25-9-10-25)30(40)17-23(29)5-1-4-8-34(47)43(16-12-35(48)49)21-31(45)36(50)37(51)32(46)22-44/h2-3,6-7,11,15,17-18,20,25,31-32,36-37,42,44-46,50-51H,1,4-5,8-10,12-14,16,19,21-22H2,(H,48,49). The van der Waals surface area contributed by atoms with Crippen LogP contribution in [0.15, 0.2) is 54.9 Å². The van der Waals surface area contributed by atoms with Gasteiger partial charge in [-0.3, -0.25) is 14.6 Å². The Hall–Kier alpha value is -3.33. The Morgan fingerprint density at radius 1 is 0.942 bits per heavy atom. The minimum atomic E-state index is -1.87. The van der Waals surface area contributed by atoms with Crippen LogP contribution in [0.3, 0.4) is 0 Å². The molecule has 1 amide bonds. The van der Waals surface area contributed by atoms with E-state index in [-0.39, 0.29) is 31.0 Å². The van der Waals surface area contributed by atoms with Crippen LogP contribution in [0.5, 0.6) is 5.75 Å². The van der Waals surface area contributed by atoms with E-state index < -0.39 is 49.4 Å². The van der Waals surface area contributed by atoms with Gasteiger partial charge in [-0.15, -0.1) is 0 Å². The van der Waals surface area contributed by atoms with Crippen molar-refractivity contribution in [3.8, 4) is 16.9 Å². The van der Waals surface area contributed by atoms with Crippen LogP contribution in [0.4, 0.5) is 0 Å². The summed E-state index contributed by atoms with van der Waals surface area (Å²) in [4.78, 5) is 29.7. The van der Waals surface area contributed by atoms with Gasteiger partial charge in [0.15, 0.2) is 0 Å². The molecule has 2 aromatic carbocycles. The summed E-state index contributed by atoms with van der Waals surface area (Å²) in [5.41, 5.74) is 4.66. The van der Waals surface area contributed by atoms with Crippen molar-refractivity contribution in [3.63, 3.8) is 0 Å². The van der Waals surface area contributed by atoms with Crippen LogP contribution in [-0.4, -0.2) is 103 Å². The number of unbranched alkanes of at least 4 members (excludes halogenated alkanes) is 1. The lowest BCUT2D eigenvalue weighted by atomic mass is 9.94. The molecular weight excluding hydrogens is 713 g/mol. The van der Waals surface area contributed by atoms with Crippen LogP contribution in [0, 0.1) is 0 Å². The molecule has 0 radical (unpaired) electrons. The van der Waals surface area contributed by atoms with Gasteiger partial charge < -0.3 is 45.6 Å². The first-order valence-electron chi connectivity index (χ1n) is 17.7. The second-order valence-corrected chi connectivity index (χ2v) is 14.5. The molecule has 4 unspecified atom stereocenters. The van der Waals surface area contributed by atoms with E-state index in [2.05, 4.69) is 16.4 Å². The molecule has 4 atom stereocenters. The molecule has 52 heavy (non-hydrogen) atoms. The Morgan fingerprint density at radius 2 is 1.63 bits per heavy atom. The van der Waals surface area contributed by atoms with Crippen LogP contribution in [0.2, 0.25) is 10.0 Å². The summed E-state index contributed by atoms with van der Waals surface area (Å²) in [6.07, 6.45) is 2.11. The molecule has 1 heterocycles. The molecule has 0 spiro atoms. The van der Waals surface area contributed by atoms with Crippen LogP contribution in [-0.2, 0) is 28.1 Å². The maximum absolute atomic E-state index is 13.0. The molecule has 2 saturated carbocycles. The van der Waals surface area contributed by atoms with E-state index in [0.717, 1.165) is 64.1 Å². The molecule has 12 nitrogen and oxygen atoms in total. The number of pyridine rings is 1. The molecular formula is C38H47Cl2N3O9. The maximum Gasteiger partial charge on any atom is 0.305 e. The summed E-state index contributed by atoms with van der Waals surface area (Å²) in [7, 11) is 0. The van der Waals surface area contributed by atoms with Crippen LogP contribution in [0.25, 0.3) is 11.1 Å². The highest BCUT2D eigenvalue weighted by Gasteiger charge is 2.46. The number of halogens is 2. The van der Waals surface area contributed by atoms with E-state index in [1.165, 1.54) is 0 Å². The number of aliphatic hydroxyl groups excluding tert-OH is 5. The molecule has 2 fully saturated rings. The smallest absolute Gasteiger partial charge is 0.305 e. The predicted octanol–water partition coefficient (Wildman–Crippen LogP) is 3.83. The summed E-state index contributed by atoms with van der Waals surface area (Å²) in [6, 6.07) is 13.9. The van der Waals surface area contributed by atoms with Crippen molar-refractivity contribution in [1.29, 1.82) is 0 Å². The maximum atomic E-state index is 13.0. The number of nitrogens with zero attached hydrogens (tertiary/aromatic N) is 2. The fourth-order valence-corrected chi connectivity index (χ4v) is 6.78. The monoisotopic (exact) mass is 759 g/mol. The number of amides is 1. The minimum absolute atomic E-state index is 0.0349. The van der Waals surface area contributed by atoms with Crippen molar-refractivity contribution < 1.29 is 45.0 Å². The van der Waals surface area contributed by atoms with Gasteiger partial charge in [-0.25, -0.2) is 0 Å². The van der Waals surface area contributed by atoms with Gasteiger partial charge in [-0.1, -0.05) is 41.4 Å². The van der Waals surface area contributed by atoms with E-state index in [1.54, 1.807) is 6.20 Å². The molecule has 2 aliphatic carbocycles. The zero-order valence-electron chi connectivity index (χ0n) is 28.8. The lowest BCUT2D eigenvalue weighted by Crippen LogP contribution is -2.50. The molecule has 1 aromatic heterocycles. The lowest BCUT2D eigenvalue weighted by Gasteiger charge is -2.30. The number of aryl methyl sites for hydroxylation is 1. The Balaban J connectivity index is 1.16. The van der Waals surface area contributed by atoms with Gasteiger partial charge >= 0.3 is 5.97 Å². The number of hydrogen-bond acceptors (Lipinski definition) is 10. The molecule has 3 aromatic rings. The molecule has 5 rings (SSSR count). The van der Waals surface area contributed by atoms with Gasteiger partial charge in [-0.05, 0) is 91.5 Å². The number of nitrogens with one attached hydrogen (secondary N) is 1. The Bertz CT molecular complexity index is 1690. The van der Waals surface area contributed by atoms with Crippen molar-refractivity contribution in [2.75, 3.05) is 19.7 Å². The quantitative estimate of drug-likeness (QED) is 0.0781. The number of carboxylic acids is 1. The number of rotatable bonds is 21. The Kier molecular flexibility index (Phi) is 13.9. The fourth-order valence-electron chi connectivity index (χ4n) is 6.25. The van der Waals surface area contributed by atoms with Crippen LogP contribution < -0.4 is 10.1 Å². The number of aliphatic carboxylic acids is 1. The van der Waals surface area contributed by atoms with Gasteiger partial charge in [0, 0.05) is 59.6 Å². The van der Waals surface area contributed by atoms with Gasteiger partial charge in [0.1, 0.15) is 30.2 Å². The molecule has 0 saturated heterocycles. The zero-order valence-corrected chi connectivity index (χ0v) is 30.3. The van der Waals surface area contributed by atoms with Crippen LogP contribution in [0.1, 0.15) is 68.1 Å². The Labute approximate surface area is 313 Å². The van der Waals surface area contributed by atoms with Crippen molar-refractivity contribution in [2.45, 2.75) is 100 Å². The molecule has 7 N–H and O–H groups in total. The van der Waals surface area contributed by atoms with Crippen molar-refractivity contribution in [3.05, 3.63) is 81.6 Å². The van der Waals surface area contributed by atoms with Crippen molar-refractivity contribution in [1.82, 2.24) is 15.2 Å². The first-order valence-corrected chi connectivity index (χ1v) is 18.4. The van der Waals surface area contributed by atoms with Gasteiger partial charge in [0.2, 0.25) is 5.91 Å².